The zero-order valence-electron chi connectivity index (χ0n) is 13.3. The highest BCUT2D eigenvalue weighted by Gasteiger charge is 2.31. The summed E-state index contributed by atoms with van der Waals surface area (Å²) in [5.41, 5.74) is 0.128. The maximum atomic E-state index is 12.3. The van der Waals surface area contributed by atoms with Crippen molar-refractivity contribution in [3.8, 4) is 5.88 Å². The second-order valence-corrected chi connectivity index (χ2v) is 4.96. The number of amides is 1. The van der Waals surface area contributed by atoms with Crippen molar-refractivity contribution in [3.63, 3.8) is 0 Å². The summed E-state index contributed by atoms with van der Waals surface area (Å²) < 4.78 is 9.98. The first-order valence-corrected chi connectivity index (χ1v) is 7.25. The van der Waals surface area contributed by atoms with E-state index in [0.717, 1.165) is 5.56 Å². The van der Waals surface area contributed by atoms with Crippen LogP contribution in [-0.2, 0) is 4.74 Å². The fourth-order valence-electron chi connectivity index (χ4n) is 2.06. The number of nitrogens with zero attached hydrogens (tertiary/aromatic N) is 2. The van der Waals surface area contributed by atoms with Gasteiger partial charge < -0.3 is 14.8 Å². The number of H-pyrrole nitrogens is 1. The van der Waals surface area contributed by atoms with Gasteiger partial charge in [-0.15, -0.1) is 5.10 Å². The van der Waals surface area contributed by atoms with Gasteiger partial charge in [0, 0.05) is 7.11 Å². The summed E-state index contributed by atoms with van der Waals surface area (Å²) >= 11 is 0. The first-order chi connectivity index (χ1) is 11.5. The van der Waals surface area contributed by atoms with Gasteiger partial charge >= 0.3 is 11.6 Å². The van der Waals surface area contributed by atoms with Gasteiger partial charge in [0.05, 0.1) is 17.6 Å². The molecule has 9 heteroatoms. The summed E-state index contributed by atoms with van der Waals surface area (Å²) in [5.74, 6) is -0.873. The van der Waals surface area contributed by atoms with Crippen LogP contribution in [-0.4, -0.2) is 41.4 Å². The van der Waals surface area contributed by atoms with E-state index in [1.165, 1.54) is 7.11 Å². The van der Waals surface area contributed by atoms with E-state index < -0.39 is 16.5 Å². The maximum Gasteiger partial charge on any atom is 0.362 e. The van der Waals surface area contributed by atoms with E-state index in [1.807, 2.05) is 30.3 Å². The van der Waals surface area contributed by atoms with E-state index in [2.05, 4.69) is 15.5 Å². The minimum absolute atomic E-state index is 0.0870. The highest BCUT2D eigenvalue weighted by molar-refractivity contribution is 5.97. The number of nitro groups is 1. The average Bonchev–Trinajstić information content (AvgIpc) is 3.00. The van der Waals surface area contributed by atoms with Gasteiger partial charge in [0.2, 0.25) is 5.69 Å². The standard InChI is InChI=1S/C15H18N4O5/c1-10(11-6-4-3-5-7-11)16-14(20)12-13(19(21)22)15(18-17-12)24-9-8-23-2/h3-7,10H,8-9H2,1-2H3,(H,16,20)(H,17,18). The highest BCUT2D eigenvalue weighted by Crippen LogP contribution is 2.28. The topological polar surface area (TPSA) is 119 Å². The molecular formula is C15H18N4O5. The first-order valence-electron chi connectivity index (χ1n) is 7.25. The highest BCUT2D eigenvalue weighted by atomic mass is 16.6. The summed E-state index contributed by atoms with van der Waals surface area (Å²) in [4.78, 5) is 22.9. The number of carbonyl (C=O) groups excluding carboxylic acids is 1. The molecule has 9 nitrogen and oxygen atoms in total. The van der Waals surface area contributed by atoms with E-state index in [1.54, 1.807) is 6.92 Å². The number of ether oxygens (including phenoxy) is 2. The lowest BCUT2D eigenvalue weighted by atomic mass is 10.1. The zero-order valence-corrected chi connectivity index (χ0v) is 13.3. The molecule has 1 heterocycles. The second kappa shape index (κ2) is 8.06. The number of hydrogen-bond acceptors (Lipinski definition) is 6. The number of benzene rings is 1. The van der Waals surface area contributed by atoms with Gasteiger partial charge in [0.1, 0.15) is 6.61 Å². The smallest absolute Gasteiger partial charge is 0.362 e. The SMILES string of the molecule is COCCOc1n[nH]c(C(=O)NC(C)c2ccccc2)c1[N+](=O)[O-]. The third-order valence-electron chi connectivity index (χ3n) is 3.29. The molecule has 24 heavy (non-hydrogen) atoms. The van der Waals surface area contributed by atoms with Crippen LogP contribution in [0.2, 0.25) is 0 Å². The van der Waals surface area contributed by atoms with Gasteiger partial charge in [-0.25, -0.2) is 0 Å². The van der Waals surface area contributed by atoms with Crippen LogP contribution >= 0.6 is 0 Å². The molecule has 0 bridgehead atoms. The Bertz CT molecular complexity index is 701. The molecule has 0 spiro atoms. The van der Waals surface area contributed by atoms with Crippen molar-refractivity contribution in [2.24, 2.45) is 0 Å². The number of hydrogen-bond donors (Lipinski definition) is 2. The summed E-state index contributed by atoms with van der Waals surface area (Å²) in [6.45, 7) is 2.12. The Kier molecular flexibility index (Phi) is 5.85. The molecule has 2 aromatic rings. The van der Waals surface area contributed by atoms with Crippen molar-refractivity contribution in [3.05, 3.63) is 51.7 Å². The van der Waals surface area contributed by atoms with Gasteiger partial charge in [0.15, 0.2) is 0 Å². The summed E-state index contributed by atoms with van der Waals surface area (Å²) in [6, 6.07) is 8.94. The van der Waals surface area contributed by atoms with Crippen molar-refractivity contribution in [2.45, 2.75) is 13.0 Å². The van der Waals surface area contributed by atoms with Crippen molar-refractivity contribution < 1.29 is 19.2 Å². The summed E-state index contributed by atoms with van der Waals surface area (Å²) in [7, 11) is 1.48. The zero-order chi connectivity index (χ0) is 17.5. The molecule has 0 aliphatic carbocycles. The van der Waals surface area contributed by atoms with Gasteiger partial charge in [-0.2, -0.15) is 0 Å². The minimum atomic E-state index is -0.701. The summed E-state index contributed by atoms with van der Waals surface area (Å²) in [6.07, 6.45) is 0. The molecule has 0 aliphatic rings. The van der Waals surface area contributed by atoms with E-state index in [-0.39, 0.29) is 30.8 Å². The molecule has 0 fully saturated rings. The largest absolute Gasteiger partial charge is 0.469 e. The quantitative estimate of drug-likeness (QED) is 0.432. The van der Waals surface area contributed by atoms with Crippen molar-refractivity contribution in [2.75, 3.05) is 20.3 Å². The van der Waals surface area contributed by atoms with Crippen LogP contribution in [0.4, 0.5) is 5.69 Å². The molecule has 2 rings (SSSR count). The Morgan fingerprint density at radius 1 is 1.38 bits per heavy atom. The van der Waals surface area contributed by atoms with E-state index in [4.69, 9.17) is 9.47 Å². The number of nitrogens with one attached hydrogen (secondary N) is 2. The van der Waals surface area contributed by atoms with Crippen LogP contribution < -0.4 is 10.1 Å². The molecule has 1 aromatic carbocycles. The number of aromatic nitrogens is 2. The van der Waals surface area contributed by atoms with Gasteiger partial charge in [-0.1, -0.05) is 30.3 Å². The lowest BCUT2D eigenvalue weighted by Crippen LogP contribution is -2.27. The fraction of sp³-hybridized carbons (Fsp3) is 0.333. The Morgan fingerprint density at radius 3 is 2.71 bits per heavy atom. The summed E-state index contributed by atoms with van der Waals surface area (Å²) in [5, 5.41) is 20.0. The molecule has 0 saturated carbocycles. The van der Waals surface area contributed by atoms with Gasteiger partial charge in [-0.3, -0.25) is 20.0 Å². The Balaban J connectivity index is 2.15. The minimum Gasteiger partial charge on any atom is -0.469 e. The molecule has 1 aromatic heterocycles. The molecule has 0 radical (unpaired) electrons. The van der Waals surface area contributed by atoms with Crippen molar-refractivity contribution in [1.82, 2.24) is 15.5 Å². The van der Waals surface area contributed by atoms with Gasteiger partial charge in [0.25, 0.3) is 5.91 Å². The normalized spacial score (nSPS) is 11.8. The predicted molar refractivity (Wildman–Crippen MR) is 84.9 cm³/mol. The van der Waals surface area contributed by atoms with Crippen molar-refractivity contribution in [1.29, 1.82) is 0 Å². The van der Waals surface area contributed by atoms with Crippen LogP contribution in [0, 0.1) is 10.1 Å². The monoisotopic (exact) mass is 334 g/mol. The maximum absolute atomic E-state index is 12.3. The van der Waals surface area contributed by atoms with Crippen LogP contribution in [0.15, 0.2) is 30.3 Å². The Labute approximate surface area is 138 Å². The molecule has 128 valence electrons. The molecular weight excluding hydrogens is 316 g/mol. The van der Waals surface area contributed by atoms with Crippen LogP contribution in [0.25, 0.3) is 0 Å². The van der Waals surface area contributed by atoms with Crippen LogP contribution in [0.1, 0.15) is 29.0 Å². The predicted octanol–water partition coefficient (Wildman–Crippen LogP) is 1.83. The van der Waals surface area contributed by atoms with Crippen molar-refractivity contribution >= 4 is 11.6 Å². The van der Waals surface area contributed by atoms with Crippen LogP contribution in [0.3, 0.4) is 0 Å². The fourth-order valence-corrected chi connectivity index (χ4v) is 2.06. The second-order valence-electron chi connectivity index (χ2n) is 4.96. The number of methoxy groups -OCH3 is 1. The molecule has 0 aliphatic heterocycles. The van der Waals surface area contributed by atoms with Crippen LogP contribution in [0.5, 0.6) is 5.88 Å². The third-order valence-corrected chi connectivity index (χ3v) is 3.29. The Hall–Kier alpha value is -2.94. The molecule has 2 N–H and O–H groups in total. The van der Waals surface area contributed by atoms with Gasteiger partial charge in [-0.05, 0) is 12.5 Å². The molecule has 1 unspecified atom stereocenters. The van der Waals surface area contributed by atoms with E-state index >= 15 is 0 Å². The number of aromatic amines is 1. The molecule has 0 saturated heterocycles. The number of carbonyl (C=O) groups is 1. The third kappa shape index (κ3) is 4.07. The number of rotatable bonds is 8. The van der Waals surface area contributed by atoms with E-state index in [0.29, 0.717) is 0 Å². The lowest BCUT2D eigenvalue weighted by Gasteiger charge is -2.13. The first kappa shape index (κ1) is 17.4. The lowest BCUT2D eigenvalue weighted by molar-refractivity contribution is -0.386. The average molecular weight is 334 g/mol. The van der Waals surface area contributed by atoms with E-state index in [9.17, 15) is 14.9 Å². The Morgan fingerprint density at radius 2 is 2.08 bits per heavy atom. The molecule has 1 atom stereocenters. The molecule has 1 amide bonds.